The van der Waals surface area contributed by atoms with Crippen LogP contribution in [0, 0.1) is 0 Å². The Morgan fingerprint density at radius 3 is 2.47 bits per heavy atom. The number of ether oxygens (including phenoxy) is 4. The van der Waals surface area contributed by atoms with Crippen LogP contribution in [0.2, 0.25) is 10.0 Å². The minimum absolute atomic E-state index is 0.250. The van der Waals surface area contributed by atoms with E-state index in [9.17, 15) is 14.4 Å². The molecule has 0 aliphatic carbocycles. The highest BCUT2D eigenvalue weighted by molar-refractivity contribution is 6.35. The minimum Gasteiger partial charge on any atom is -0.493 e. The summed E-state index contributed by atoms with van der Waals surface area (Å²) in [5.74, 6) is 0.121. The molecule has 1 atom stereocenters. The lowest BCUT2D eigenvalue weighted by Gasteiger charge is -2.28. The molecule has 3 aromatic carbocycles. The van der Waals surface area contributed by atoms with E-state index in [0.717, 1.165) is 11.1 Å². The van der Waals surface area contributed by atoms with Crippen molar-refractivity contribution in [3.05, 3.63) is 98.7 Å². The second-order valence-electron chi connectivity index (χ2n) is 9.15. The van der Waals surface area contributed by atoms with Gasteiger partial charge in [0, 0.05) is 21.3 Å². The first-order valence-corrected chi connectivity index (χ1v) is 13.6. The average Bonchev–Trinajstić information content (AvgIpc) is 2.99. The van der Waals surface area contributed by atoms with E-state index in [2.05, 4.69) is 21.2 Å². The fourth-order valence-corrected chi connectivity index (χ4v) is 4.57. The Labute approximate surface area is 257 Å². The molecule has 1 aliphatic heterocycles. The lowest BCUT2D eigenvalue weighted by Crippen LogP contribution is -2.45. The van der Waals surface area contributed by atoms with Gasteiger partial charge >= 0.3 is 12.0 Å². The minimum atomic E-state index is -0.774. The van der Waals surface area contributed by atoms with Gasteiger partial charge in [-0.1, -0.05) is 35.3 Å². The van der Waals surface area contributed by atoms with Gasteiger partial charge in [-0.05, 0) is 66.6 Å². The van der Waals surface area contributed by atoms with E-state index < -0.39 is 23.9 Å². The zero-order chi connectivity index (χ0) is 30.9. The van der Waals surface area contributed by atoms with Crippen LogP contribution in [0.3, 0.4) is 0 Å². The van der Waals surface area contributed by atoms with Crippen LogP contribution in [0.15, 0.2) is 77.0 Å². The number of allylic oxidation sites excluding steroid dienone is 1. The fraction of sp³-hybridized carbons (Fsp3) is 0.200. The third-order valence-electron chi connectivity index (χ3n) is 6.25. The highest BCUT2D eigenvalue weighted by atomic mass is 35.5. The van der Waals surface area contributed by atoms with E-state index in [-0.39, 0.29) is 24.5 Å². The maximum Gasteiger partial charge on any atom is 0.337 e. The summed E-state index contributed by atoms with van der Waals surface area (Å²) in [7, 11) is 2.69. The van der Waals surface area contributed by atoms with Crippen molar-refractivity contribution in [2.75, 3.05) is 20.8 Å². The SMILES string of the molecule is COC(=O)C1=C(C)NC(=O)N[C@H]1c1ccc(OCC(=O)N/N=C\c2ccc(OCc3ccc(Cl)cc3Cl)cc2)c(OC)c1. The van der Waals surface area contributed by atoms with Gasteiger partial charge in [0.15, 0.2) is 18.1 Å². The van der Waals surface area contributed by atoms with Gasteiger partial charge in [0.2, 0.25) is 0 Å². The molecule has 0 spiro atoms. The number of methoxy groups -OCH3 is 2. The zero-order valence-corrected chi connectivity index (χ0v) is 24.9. The molecule has 0 fully saturated rings. The molecule has 0 saturated carbocycles. The van der Waals surface area contributed by atoms with Crippen LogP contribution in [0.25, 0.3) is 0 Å². The number of rotatable bonds is 11. The molecule has 0 aromatic heterocycles. The van der Waals surface area contributed by atoms with Crippen molar-refractivity contribution in [1.82, 2.24) is 16.1 Å². The molecule has 0 radical (unpaired) electrons. The second kappa shape index (κ2) is 14.4. The van der Waals surface area contributed by atoms with Crippen molar-refractivity contribution in [3.63, 3.8) is 0 Å². The fourth-order valence-electron chi connectivity index (χ4n) is 4.11. The maximum atomic E-state index is 12.4. The molecule has 1 heterocycles. The summed E-state index contributed by atoms with van der Waals surface area (Å²) >= 11 is 12.1. The first-order valence-electron chi connectivity index (χ1n) is 12.8. The highest BCUT2D eigenvalue weighted by Crippen LogP contribution is 2.34. The number of nitrogens with one attached hydrogen (secondary N) is 3. The summed E-state index contributed by atoms with van der Waals surface area (Å²) in [4.78, 5) is 36.7. The Morgan fingerprint density at radius 1 is 1.00 bits per heavy atom. The van der Waals surface area contributed by atoms with Gasteiger partial charge < -0.3 is 29.6 Å². The summed E-state index contributed by atoms with van der Waals surface area (Å²) in [5, 5.41) is 10.3. The number of carbonyl (C=O) groups excluding carboxylic acids is 3. The first-order chi connectivity index (χ1) is 20.7. The summed E-state index contributed by atoms with van der Waals surface area (Å²) in [5.41, 5.74) is 5.13. The molecule has 3 amide bonds. The van der Waals surface area contributed by atoms with E-state index >= 15 is 0 Å². The average molecular weight is 627 g/mol. The number of esters is 1. The number of hydrogen-bond donors (Lipinski definition) is 3. The van der Waals surface area contributed by atoms with Crippen molar-refractivity contribution in [3.8, 4) is 17.2 Å². The van der Waals surface area contributed by atoms with Crippen LogP contribution in [-0.4, -0.2) is 44.9 Å². The van der Waals surface area contributed by atoms with Crippen LogP contribution >= 0.6 is 23.2 Å². The number of halogens is 2. The molecular weight excluding hydrogens is 599 g/mol. The molecule has 1 aliphatic rings. The summed E-state index contributed by atoms with van der Waals surface area (Å²) in [6.07, 6.45) is 1.48. The van der Waals surface area contributed by atoms with Crippen LogP contribution in [0.1, 0.15) is 29.7 Å². The Hall–Kier alpha value is -4.74. The van der Waals surface area contributed by atoms with E-state index in [4.69, 9.17) is 42.1 Å². The normalized spacial score (nSPS) is 14.5. The van der Waals surface area contributed by atoms with Gasteiger partial charge in [0.25, 0.3) is 5.91 Å². The predicted octanol–water partition coefficient (Wildman–Crippen LogP) is 4.91. The monoisotopic (exact) mass is 626 g/mol. The third-order valence-corrected chi connectivity index (χ3v) is 6.83. The van der Waals surface area contributed by atoms with E-state index in [1.165, 1.54) is 20.4 Å². The Kier molecular flexibility index (Phi) is 10.5. The van der Waals surface area contributed by atoms with Crippen LogP contribution in [0.5, 0.6) is 17.2 Å². The Balaban J connectivity index is 1.30. The number of urea groups is 1. The van der Waals surface area contributed by atoms with Crippen molar-refractivity contribution >= 4 is 47.3 Å². The number of hydrogen-bond acceptors (Lipinski definition) is 8. The third kappa shape index (κ3) is 8.18. The molecule has 3 aromatic rings. The summed E-state index contributed by atoms with van der Waals surface area (Å²) < 4.78 is 21.7. The predicted molar refractivity (Wildman–Crippen MR) is 161 cm³/mol. The molecule has 0 bridgehead atoms. The molecule has 11 nitrogen and oxygen atoms in total. The quantitative estimate of drug-likeness (QED) is 0.156. The molecule has 4 rings (SSSR count). The Bertz CT molecular complexity index is 1580. The van der Waals surface area contributed by atoms with E-state index in [1.54, 1.807) is 67.6 Å². The molecule has 3 N–H and O–H groups in total. The largest absolute Gasteiger partial charge is 0.493 e. The maximum absolute atomic E-state index is 12.4. The lowest BCUT2D eigenvalue weighted by molar-refractivity contribution is -0.136. The number of hydrazone groups is 1. The van der Waals surface area contributed by atoms with E-state index in [1.807, 2.05) is 0 Å². The van der Waals surface area contributed by atoms with Crippen LogP contribution in [0.4, 0.5) is 4.79 Å². The van der Waals surface area contributed by atoms with Crippen molar-refractivity contribution in [1.29, 1.82) is 0 Å². The van der Waals surface area contributed by atoms with Gasteiger partial charge in [-0.15, -0.1) is 0 Å². The zero-order valence-electron chi connectivity index (χ0n) is 23.4. The van der Waals surface area contributed by atoms with Gasteiger partial charge in [-0.3, -0.25) is 4.79 Å². The van der Waals surface area contributed by atoms with Crippen molar-refractivity contribution in [2.45, 2.75) is 19.6 Å². The summed E-state index contributed by atoms with van der Waals surface area (Å²) in [6, 6.07) is 15.9. The molecule has 43 heavy (non-hydrogen) atoms. The first kappa shape index (κ1) is 31.2. The molecule has 0 unspecified atom stereocenters. The summed E-state index contributed by atoms with van der Waals surface area (Å²) in [6.45, 7) is 1.55. The van der Waals surface area contributed by atoms with Gasteiger partial charge in [0.05, 0.1) is 32.0 Å². The molecule has 13 heteroatoms. The van der Waals surface area contributed by atoms with E-state index in [0.29, 0.717) is 32.8 Å². The lowest BCUT2D eigenvalue weighted by atomic mass is 9.95. The highest BCUT2D eigenvalue weighted by Gasteiger charge is 2.32. The second-order valence-corrected chi connectivity index (χ2v) is 9.99. The smallest absolute Gasteiger partial charge is 0.337 e. The number of benzene rings is 3. The topological polar surface area (TPSA) is 137 Å². The van der Waals surface area contributed by atoms with Crippen molar-refractivity contribution < 1.29 is 33.3 Å². The molecular formula is C30H28Cl2N4O7. The van der Waals surface area contributed by atoms with Gasteiger partial charge in [-0.25, -0.2) is 15.0 Å². The van der Waals surface area contributed by atoms with Gasteiger partial charge in [-0.2, -0.15) is 5.10 Å². The molecule has 0 saturated heterocycles. The molecule has 224 valence electrons. The van der Waals surface area contributed by atoms with Crippen molar-refractivity contribution in [2.24, 2.45) is 5.10 Å². The number of carbonyl (C=O) groups is 3. The number of nitrogens with zero attached hydrogens (tertiary/aromatic N) is 1. The number of amides is 3. The van der Waals surface area contributed by atoms with Crippen LogP contribution in [-0.2, 0) is 20.9 Å². The van der Waals surface area contributed by atoms with Crippen LogP contribution < -0.4 is 30.3 Å². The van der Waals surface area contributed by atoms with Gasteiger partial charge in [0.1, 0.15) is 12.4 Å². The standard InChI is InChI=1S/C30H28Cl2N4O7/c1-17-27(29(38)41-3)28(35-30(39)34-17)19-7-11-24(25(12-19)40-2)43-16-26(37)36-33-14-18-4-9-22(10-5-18)42-15-20-6-8-21(31)13-23(20)32/h4-14,28H,15-16H2,1-3H3,(H,36,37)(H2,34,35,39)/b33-14-/t28-/m0/s1. The Morgan fingerprint density at radius 2 is 1.77 bits per heavy atom.